The minimum absolute atomic E-state index is 0.0996. The van der Waals surface area contributed by atoms with Crippen LogP contribution in [0, 0.1) is 11.5 Å². The van der Waals surface area contributed by atoms with Gasteiger partial charge in [-0.05, 0) is 77.3 Å². The molecule has 1 atom stereocenters. The standard InChI is InChI=1S/C15H15FN6O.C8H8N4.C5H5BrN2/c16-15(5-1-7-21(10-15)11-17)14(23)20-13-4-3-12(9-18-13)22-8-2-6-19-22;9-8-3-2-7(6-10-8)12-5-1-4-11-12;6-4-1-2-5(7)8-3-4/h2-4,6,8-9H,1,5,7,10H2,(H,18,20,23);1-6H,(H2,9,10);1-3H,(H2,7,8)/t15-;;/m1../s1. The fraction of sp³-hybridized carbons (Fsp3) is 0.179. The van der Waals surface area contributed by atoms with Crippen LogP contribution in [0.25, 0.3) is 11.4 Å². The van der Waals surface area contributed by atoms with Gasteiger partial charge < -0.3 is 21.7 Å². The number of nitrogens with two attached hydrogens (primary N) is 2. The van der Waals surface area contributed by atoms with Crippen molar-refractivity contribution in [2.45, 2.75) is 18.5 Å². The summed E-state index contributed by atoms with van der Waals surface area (Å²) in [5.41, 5.74) is 10.3. The van der Waals surface area contributed by atoms with E-state index in [0.29, 0.717) is 24.6 Å². The maximum atomic E-state index is 14.7. The number of aromatic nitrogens is 7. The first-order valence-electron chi connectivity index (χ1n) is 13.0. The molecule has 1 saturated heterocycles. The van der Waals surface area contributed by atoms with E-state index >= 15 is 0 Å². The number of halogens is 2. The molecule has 5 N–H and O–H groups in total. The maximum Gasteiger partial charge on any atom is 0.265 e. The topological polar surface area (TPSA) is 182 Å². The number of hydrogen-bond acceptors (Lipinski definition) is 10. The molecule has 0 unspecified atom stereocenters. The van der Waals surface area contributed by atoms with Crippen LogP contribution in [-0.4, -0.2) is 64.1 Å². The zero-order valence-corrected chi connectivity index (χ0v) is 24.4. The summed E-state index contributed by atoms with van der Waals surface area (Å²) in [6.07, 6.45) is 14.3. The molecule has 1 amide bonds. The number of anilines is 3. The van der Waals surface area contributed by atoms with Crippen molar-refractivity contribution in [3.05, 3.63) is 96.4 Å². The molecule has 6 heterocycles. The Morgan fingerprint density at radius 2 is 1.53 bits per heavy atom. The Bertz CT molecular complexity index is 1590. The number of nitrogen functional groups attached to an aromatic ring is 2. The highest BCUT2D eigenvalue weighted by Gasteiger charge is 2.42. The molecule has 220 valence electrons. The van der Waals surface area contributed by atoms with Crippen LogP contribution in [0.4, 0.5) is 21.8 Å². The molecule has 0 bridgehead atoms. The van der Waals surface area contributed by atoms with Gasteiger partial charge in [0.1, 0.15) is 17.5 Å². The van der Waals surface area contributed by atoms with Crippen molar-refractivity contribution in [3.8, 4) is 17.6 Å². The third kappa shape index (κ3) is 8.81. The summed E-state index contributed by atoms with van der Waals surface area (Å²) < 4.78 is 19.1. The van der Waals surface area contributed by atoms with Crippen LogP contribution in [0.3, 0.4) is 0 Å². The predicted octanol–water partition coefficient (Wildman–Crippen LogP) is 3.77. The number of carbonyl (C=O) groups excluding carboxylic acids is 1. The minimum atomic E-state index is -2.07. The third-order valence-electron chi connectivity index (χ3n) is 6.04. The highest BCUT2D eigenvalue weighted by atomic mass is 79.9. The number of piperidine rings is 1. The molecule has 0 spiro atoms. The molecule has 0 aliphatic carbocycles. The molecule has 13 nitrogen and oxygen atoms in total. The Balaban J connectivity index is 0.000000175. The van der Waals surface area contributed by atoms with E-state index in [1.54, 1.807) is 70.7 Å². The number of alkyl halides is 1. The number of amides is 1. The van der Waals surface area contributed by atoms with Crippen molar-refractivity contribution in [1.29, 1.82) is 5.26 Å². The van der Waals surface area contributed by atoms with Crippen LogP contribution < -0.4 is 16.8 Å². The minimum Gasteiger partial charge on any atom is -0.384 e. The highest BCUT2D eigenvalue weighted by Crippen LogP contribution is 2.26. The quantitative estimate of drug-likeness (QED) is 0.243. The Labute approximate surface area is 255 Å². The molecule has 6 rings (SSSR count). The zero-order valence-electron chi connectivity index (χ0n) is 22.8. The van der Waals surface area contributed by atoms with Gasteiger partial charge in [0.05, 0.1) is 30.3 Å². The molecule has 0 saturated carbocycles. The number of nitrogens with zero attached hydrogens (tertiary/aromatic N) is 9. The van der Waals surface area contributed by atoms with Crippen LogP contribution in [0.2, 0.25) is 0 Å². The molecule has 15 heteroatoms. The molecule has 1 fully saturated rings. The van der Waals surface area contributed by atoms with E-state index < -0.39 is 11.6 Å². The van der Waals surface area contributed by atoms with Gasteiger partial charge in [0.25, 0.3) is 5.91 Å². The van der Waals surface area contributed by atoms with Gasteiger partial charge in [-0.25, -0.2) is 28.7 Å². The maximum absolute atomic E-state index is 14.7. The monoisotopic (exact) mass is 646 g/mol. The number of carbonyl (C=O) groups is 1. The van der Waals surface area contributed by atoms with E-state index in [1.165, 1.54) is 11.1 Å². The Morgan fingerprint density at radius 1 is 0.930 bits per heavy atom. The second-order valence-electron chi connectivity index (χ2n) is 9.19. The van der Waals surface area contributed by atoms with E-state index in [9.17, 15) is 9.18 Å². The number of hydrogen-bond donors (Lipinski definition) is 3. The number of nitriles is 1. The average molecular weight is 648 g/mol. The van der Waals surface area contributed by atoms with Gasteiger partial charge in [-0.3, -0.25) is 4.79 Å². The lowest BCUT2D eigenvalue weighted by Gasteiger charge is -2.32. The number of pyridine rings is 3. The first-order valence-corrected chi connectivity index (χ1v) is 13.7. The number of rotatable bonds is 4. The largest absolute Gasteiger partial charge is 0.384 e. The number of nitrogens with one attached hydrogen (secondary N) is 1. The Kier molecular flexibility index (Phi) is 10.3. The summed E-state index contributed by atoms with van der Waals surface area (Å²) in [5, 5.41) is 19.5. The Hall–Kier alpha value is -5.36. The molecule has 5 aromatic rings. The first-order chi connectivity index (χ1) is 20.8. The third-order valence-corrected chi connectivity index (χ3v) is 6.51. The first kappa shape index (κ1) is 30.6. The second-order valence-corrected chi connectivity index (χ2v) is 10.1. The molecule has 5 aromatic heterocycles. The lowest BCUT2D eigenvalue weighted by molar-refractivity contribution is -0.130. The summed E-state index contributed by atoms with van der Waals surface area (Å²) >= 11 is 3.23. The molecule has 1 aliphatic rings. The van der Waals surface area contributed by atoms with E-state index in [1.807, 2.05) is 30.6 Å². The fourth-order valence-corrected chi connectivity index (χ4v) is 4.10. The molecule has 1 aliphatic heterocycles. The second kappa shape index (κ2) is 14.5. The highest BCUT2D eigenvalue weighted by molar-refractivity contribution is 9.10. The summed E-state index contributed by atoms with van der Waals surface area (Å²) in [4.78, 5) is 25.3. The van der Waals surface area contributed by atoms with Crippen molar-refractivity contribution in [3.63, 3.8) is 0 Å². The van der Waals surface area contributed by atoms with Crippen molar-refractivity contribution in [1.82, 2.24) is 39.4 Å². The van der Waals surface area contributed by atoms with Crippen LogP contribution in [-0.2, 0) is 4.79 Å². The fourth-order valence-electron chi connectivity index (χ4n) is 3.87. The lowest BCUT2D eigenvalue weighted by atomic mass is 9.94. The van der Waals surface area contributed by atoms with Crippen LogP contribution in [0.1, 0.15) is 12.8 Å². The molecule has 0 radical (unpaired) electrons. The zero-order chi connectivity index (χ0) is 30.7. The summed E-state index contributed by atoms with van der Waals surface area (Å²) in [7, 11) is 0. The summed E-state index contributed by atoms with van der Waals surface area (Å²) in [6, 6.07) is 14.2. The van der Waals surface area contributed by atoms with Crippen LogP contribution in [0.5, 0.6) is 0 Å². The Morgan fingerprint density at radius 3 is 2.00 bits per heavy atom. The van der Waals surface area contributed by atoms with Crippen molar-refractivity contribution < 1.29 is 9.18 Å². The van der Waals surface area contributed by atoms with E-state index in [0.717, 1.165) is 15.8 Å². The van der Waals surface area contributed by atoms with E-state index in [2.05, 4.69) is 46.4 Å². The van der Waals surface area contributed by atoms with Gasteiger partial charge in [0, 0.05) is 42.0 Å². The van der Waals surface area contributed by atoms with Crippen molar-refractivity contribution in [2.75, 3.05) is 29.9 Å². The van der Waals surface area contributed by atoms with Crippen molar-refractivity contribution in [2.24, 2.45) is 0 Å². The molecule has 43 heavy (non-hydrogen) atoms. The van der Waals surface area contributed by atoms with Crippen LogP contribution in [0.15, 0.2) is 96.4 Å². The normalized spacial score (nSPS) is 15.6. The molecular formula is C28H28BrFN12O. The predicted molar refractivity (Wildman–Crippen MR) is 162 cm³/mol. The van der Waals surface area contributed by atoms with Crippen LogP contribution >= 0.6 is 15.9 Å². The smallest absolute Gasteiger partial charge is 0.265 e. The molecule has 0 aromatic carbocycles. The van der Waals surface area contributed by atoms with Crippen molar-refractivity contribution >= 4 is 39.3 Å². The van der Waals surface area contributed by atoms with E-state index in [4.69, 9.17) is 16.7 Å². The summed E-state index contributed by atoms with van der Waals surface area (Å²) in [5.74, 6) is 0.563. The van der Waals surface area contributed by atoms with Gasteiger partial charge in [0.2, 0.25) is 5.67 Å². The van der Waals surface area contributed by atoms with Gasteiger partial charge >= 0.3 is 0 Å². The lowest BCUT2D eigenvalue weighted by Crippen LogP contribution is -2.51. The van der Waals surface area contributed by atoms with E-state index in [-0.39, 0.29) is 18.8 Å². The van der Waals surface area contributed by atoms with Gasteiger partial charge in [-0.2, -0.15) is 15.5 Å². The SMILES string of the molecule is N#CN1CCC[C@](F)(C(=O)Nc2ccc(-n3cccn3)cn2)C1.Nc1ccc(-n2cccn2)cn1.Nc1ccc(Br)cn1. The number of likely N-dealkylation sites (tertiary alicyclic amines) is 1. The average Bonchev–Trinajstić information content (AvgIpc) is 3.76. The van der Waals surface area contributed by atoms with Gasteiger partial charge in [0.15, 0.2) is 6.19 Å². The van der Waals surface area contributed by atoms with Gasteiger partial charge in [-0.1, -0.05) is 0 Å². The molecular weight excluding hydrogens is 619 g/mol. The summed E-state index contributed by atoms with van der Waals surface area (Å²) in [6.45, 7) is 0.257. The van der Waals surface area contributed by atoms with Gasteiger partial charge in [-0.15, -0.1) is 0 Å².